The molecule has 0 aromatic heterocycles. The zero-order chi connectivity index (χ0) is 31.6. The standard InChI is InChI=1S/C31H35Cl4N3O4S/c1-3-4-16-36-31(40)29(18-22-9-6-5-7-10-22)37(21-23-12-13-24(32)19-27(23)35)30(39)11-8-17-38(43(2,41)42)28-20-25(33)14-15-26(28)34/h5-7,9-10,12-15,19-20,29H,3-4,8,11,16-18,21H2,1-2H3,(H,36,40)/t29-/m1/s1. The highest BCUT2D eigenvalue weighted by Crippen LogP contribution is 2.31. The Balaban J connectivity index is 1.92. The third kappa shape index (κ3) is 10.6. The van der Waals surface area contributed by atoms with Gasteiger partial charge in [-0.05, 0) is 54.3 Å². The Morgan fingerprint density at radius 2 is 1.56 bits per heavy atom. The van der Waals surface area contributed by atoms with Gasteiger partial charge in [0.1, 0.15) is 6.04 Å². The summed E-state index contributed by atoms with van der Waals surface area (Å²) in [6, 6.07) is 18.2. The van der Waals surface area contributed by atoms with E-state index in [0.717, 1.165) is 29.0 Å². The highest BCUT2D eigenvalue weighted by atomic mass is 35.5. The average molecular weight is 688 g/mol. The van der Waals surface area contributed by atoms with Gasteiger partial charge < -0.3 is 10.2 Å². The predicted octanol–water partition coefficient (Wildman–Crippen LogP) is 7.40. The number of carbonyl (C=O) groups excluding carboxylic acids is 2. The molecule has 0 radical (unpaired) electrons. The van der Waals surface area contributed by atoms with Gasteiger partial charge in [0, 0.05) is 47.5 Å². The van der Waals surface area contributed by atoms with Gasteiger partial charge in [-0.2, -0.15) is 0 Å². The second-order valence-electron chi connectivity index (χ2n) is 10.1. The van der Waals surface area contributed by atoms with Crippen molar-refractivity contribution in [1.82, 2.24) is 10.2 Å². The van der Waals surface area contributed by atoms with Crippen molar-refractivity contribution in [3.05, 3.63) is 97.9 Å². The number of unbranched alkanes of at least 4 members (excludes halogenated alkanes) is 1. The Kier molecular flexibility index (Phi) is 13.5. The lowest BCUT2D eigenvalue weighted by Crippen LogP contribution is -2.50. The van der Waals surface area contributed by atoms with E-state index in [1.54, 1.807) is 24.3 Å². The molecule has 3 rings (SSSR count). The van der Waals surface area contributed by atoms with Crippen LogP contribution in [0.2, 0.25) is 20.1 Å². The van der Waals surface area contributed by atoms with E-state index in [2.05, 4.69) is 5.32 Å². The van der Waals surface area contributed by atoms with E-state index in [-0.39, 0.29) is 54.9 Å². The summed E-state index contributed by atoms with van der Waals surface area (Å²) in [5, 5.41) is 4.33. The monoisotopic (exact) mass is 685 g/mol. The van der Waals surface area contributed by atoms with Gasteiger partial charge in [-0.25, -0.2) is 8.42 Å². The molecule has 2 amide bonds. The maximum Gasteiger partial charge on any atom is 0.243 e. The molecule has 0 spiro atoms. The molecule has 0 aliphatic carbocycles. The third-order valence-electron chi connectivity index (χ3n) is 6.79. The first-order valence-corrected chi connectivity index (χ1v) is 17.2. The molecule has 232 valence electrons. The zero-order valence-corrected chi connectivity index (χ0v) is 27.9. The second-order valence-corrected chi connectivity index (χ2v) is 13.7. The van der Waals surface area contributed by atoms with Gasteiger partial charge in [-0.3, -0.25) is 13.9 Å². The Hall–Kier alpha value is -2.49. The number of nitrogens with zero attached hydrogens (tertiary/aromatic N) is 2. The lowest BCUT2D eigenvalue weighted by molar-refractivity contribution is -0.141. The van der Waals surface area contributed by atoms with Crippen molar-refractivity contribution in [2.24, 2.45) is 0 Å². The largest absolute Gasteiger partial charge is 0.354 e. The highest BCUT2D eigenvalue weighted by molar-refractivity contribution is 7.92. The van der Waals surface area contributed by atoms with Crippen molar-refractivity contribution in [2.45, 2.75) is 51.6 Å². The van der Waals surface area contributed by atoms with Crippen LogP contribution in [-0.4, -0.2) is 50.5 Å². The van der Waals surface area contributed by atoms with Gasteiger partial charge in [0.05, 0.1) is 17.0 Å². The molecule has 3 aromatic carbocycles. The molecule has 3 aromatic rings. The molecule has 0 saturated heterocycles. The lowest BCUT2D eigenvalue weighted by Gasteiger charge is -2.32. The van der Waals surface area contributed by atoms with Crippen LogP contribution in [0, 0.1) is 0 Å². The Bertz CT molecular complexity index is 1510. The summed E-state index contributed by atoms with van der Waals surface area (Å²) in [7, 11) is -3.75. The quantitative estimate of drug-likeness (QED) is 0.169. The zero-order valence-electron chi connectivity index (χ0n) is 24.0. The van der Waals surface area contributed by atoms with Crippen molar-refractivity contribution >= 4 is 73.9 Å². The van der Waals surface area contributed by atoms with Gasteiger partial charge in [-0.15, -0.1) is 0 Å². The summed E-state index contributed by atoms with van der Waals surface area (Å²) in [6.07, 6.45) is 3.17. The normalized spacial score (nSPS) is 12.0. The molecule has 43 heavy (non-hydrogen) atoms. The number of hydrogen-bond donors (Lipinski definition) is 1. The fraction of sp³-hybridized carbons (Fsp3) is 0.355. The van der Waals surface area contributed by atoms with Crippen molar-refractivity contribution in [3.8, 4) is 0 Å². The van der Waals surface area contributed by atoms with Gasteiger partial charge in [0.25, 0.3) is 0 Å². The molecule has 0 aliphatic rings. The van der Waals surface area contributed by atoms with E-state index >= 15 is 0 Å². The van der Waals surface area contributed by atoms with Gasteiger partial charge in [-0.1, -0.05) is 96.1 Å². The number of hydrogen-bond acceptors (Lipinski definition) is 4. The van der Waals surface area contributed by atoms with Crippen LogP contribution in [0.1, 0.15) is 43.7 Å². The Labute approximate surface area is 274 Å². The summed E-state index contributed by atoms with van der Waals surface area (Å²) >= 11 is 25.0. The Morgan fingerprint density at radius 1 is 0.884 bits per heavy atom. The summed E-state index contributed by atoms with van der Waals surface area (Å²) < 4.78 is 26.5. The first kappa shape index (κ1) is 35.0. The molecule has 1 atom stereocenters. The number of benzene rings is 3. The molecule has 0 saturated carbocycles. The molecule has 12 heteroatoms. The van der Waals surface area contributed by atoms with E-state index in [9.17, 15) is 18.0 Å². The Morgan fingerprint density at radius 3 is 2.21 bits per heavy atom. The molecule has 7 nitrogen and oxygen atoms in total. The maximum absolute atomic E-state index is 13.9. The number of halogens is 4. The van der Waals surface area contributed by atoms with Crippen molar-refractivity contribution in [2.75, 3.05) is 23.7 Å². The van der Waals surface area contributed by atoms with Crippen molar-refractivity contribution in [3.63, 3.8) is 0 Å². The van der Waals surface area contributed by atoms with Crippen LogP contribution in [-0.2, 0) is 32.6 Å². The fourth-order valence-electron chi connectivity index (χ4n) is 4.55. The third-order valence-corrected chi connectivity index (χ3v) is 9.11. The number of carbonyl (C=O) groups is 2. The smallest absolute Gasteiger partial charge is 0.243 e. The van der Waals surface area contributed by atoms with Crippen molar-refractivity contribution in [1.29, 1.82) is 0 Å². The van der Waals surface area contributed by atoms with Crippen LogP contribution < -0.4 is 9.62 Å². The average Bonchev–Trinajstić information content (AvgIpc) is 2.95. The minimum Gasteiger partial charge on any atom is -0.354 e. The van der Waals surface area contributed by atoms with Crippen LogP contribution in [0.15, 0.2) is 66.7 Å². The second kappa shape index (κ2) is 16.5. The minimum atomic E-state index is -3.75. The minimum absolute atomic E-state index is 0.0216. The van der Waals surface area contributed by atoms with E-state index < -0.39 is 16.1 Å². The summed E-state index contributed by atoms with van der Waals surface area (Å²) in [5.41, 5.74) is 1.74. The maximum atomic E-state index is 13.9. The number of sulfonamides is 1. The fourth-order valence-corrected chi connectivity index (χ4v) is 6.43. The number of nitrogens with one attached hydrogen (secondary N) is 1. The van der Waals surface area contributed by atoms with E-state index in [4.69, 9.17) is 46.4 Å². The SMILES string of the molecule is CCCCNC(=O)[C@@H](Cc1ccccc1)N(Cc1ccc(Cl)cc1Cl)C(=O)CCCN(c1cc(Cl)ccc1Cl)S(C)(=O)=O. The molecular weight excluding hydrogens is 652 g/mol. The highest BCUT2D eigenvalue weighted by Gasteiger charge is 2.31. The van der Waals surface area contributed by atoms with E-state index in [1.807, 2.05) is 37.3 Å². The first-order valence-electron chi connectivity index (χ1n) is 13.9. The predicted molar refractivity (Wildman–Crippen MR) is 177 cm³/mol. The molecular formula is C31H35Cl4N3O4S. The molecule has 0 bridgehead atoms. The van der Waals surface area contributed by atoms with Crippen LogP contribution in [0.5, 0.6) is 0 Å². The summed E-state index contributed by atoms with van der Waals surface area (Å²) in [6.45, 7) is 2.55. The van der Waals surface area contributed by atoms with Crippen LogP contribution in [0.3, 0.4) is 0 Å². The number of anilines is 1. The van der Waals surface area contributed by atoms with Crippen LogP contribution in [0.4, 0.5) is 5.69 Å². The topological polar surface area (TPSA) is 86.8 Å². The molecule has 1 N–H and O–H groups in total. The number of rotatable bonds is 15. The first-order chi connectivity index (χ1) is 20.4. The van der Waals surface area contributed by atoms with Gasteiger partial charge in [0.15, 0.2) is 0 Å². The van der Waals surface area contributed by atoms with Crippen LogP contribution >= 0.6 is 46.4 Å². The molecule has 0 fully saturated rings. The van der Waals surface area contributed by atoms with Gasteiger partial charge >= 0.3 is 0 Å². The molecule has 0 heterocycles. The molecule has 0 unspecified atom stereocenters. The van der Waals surface area contributed by atoms with E-state index in [0.29, 0.717) is 27.2 Å². The van der Waals surface area contributed by atoms with E-state index in [1.165, 1.54) is 17.0 Å². The summed E-state index contributed by atoms with van der Waals surface area (Å²) in [5.74, 6) is -0.609. The van der Waals surface area contributed by atoms with Gasteiger partial charge in [0.2, 0.25) is 21.8 Å². The van der Waals surface area contributed by atoms with Crippen molar-refractivity contribution < 1.29 is 18.0 Å². The molecule has 0 aliphatic heterocycles. The number of amides is 2. The summed E-state index contributed by atoms with van der Waals surface area (Å²) in [4.78, 5) is 29.0. The van der Waals surface area contributed by atoms with Crippen LogP contribution in [0.25, 0.3) is 0 Å². The lowest BCUT2D eigenvalue weighted by atomic mass is 10.0.